The van der Waals surface area contributed by atoms with Crippen molar-refractivity contribution in [2.45, 2.75) is 58.1 Å². The highest BCUT2D eigenvalue weighted by molar-refractivity contribution is 5.86. The molecule has 0 bridgehead atoms. The molecule has 4 heterocycles. The van der Waals surface area contributed by atoms with Gasteiger partial charge in [-0.05, 0) is 75.6 Å². The molecule has 0 radical (unpaired) electrons. The van der Waals surface area contributed by atoms with E-state index in [4.69, 9.17) is 9.47 Å². The molecule has 1 aliphatic carbocycles. The van der Waals surface area contributed by atoms with Crippen LogP contribution in [0.5, 0.6) is 0 Å². The lowest BCUT2D eigenvalue weighted by Gasteiger charge is -2.37. The van der Waals surface area contributed by atoms with Gasteiger partial charge in [-0.1, -0.05) is 6.07 Å². The van der Waals surface area contributed by atoms with Gasteiger partial charge in [-0.3, -0.25) is 14.6 Å². The predicted octanol–water partition coefficient (Wildman–Crippen LogP) is 2.52. The first-order valence-corrected chi connectivity index (χ1v) is 14.1. The highest BCUT2D eigenvalue weighted by Gasteiger charge is 2.59. The number of fused-ring (bicyclic) bond motifs is 2. The second-order valence-corrected chi connectivity index (χ2v) is 12.2. The van der Waals surface area contributed by atoms with Crippen molar-refractivity contribution < 1.29 is 19.1 Å². The van der Waals surface area contributed by atoms with Crippen molar-refractivity contribution in [3.8, 4) is 0 Å². The zero-order valence-electron chi connectivity index (χ0n) is 23.1. The molecule has 1 saturated carbocycles. The van der Waals surface area contributed by atoms with E-state index in [0.29, 0.717) is 51.0 Å². The molecule has 1 aromatic heterocycles. The Morgan fingerprint density at radius 2 is 2.14 bits per heavy atom. The number of aromatic nitrogens is 1. The minimum Gasteiger partial charge on any atom is -0.379 e. The number of pyridine rings is 1. The SMILES string of the molecule is COC1COCCC1C[C@@H]1C[C@H]2CN(C(=O)CCN(C)C)C[C@@]2(C(=O)N2CCc3ncc(C)cc3C2)C1. The minimum absolute atomic E-state index is 0.138. The fraction of sp³-hybridized carbons (Fsp3) is 0.759. The second-order valence-electron chi connectivity index (χ2n) is 12.2. The largest absolute Gasteiger partial charge is 0.379 e. The topological polar surface area (TPSA) is 75.2 Å². The lowest BCUT2D eigenvalue weighted by molar-refractivity contribution is -0.144. The van der Waals surface area contributed by atoms with Gasteiger partial charge >= 0.3 is 0 Å². The number of carbonyl (C=O) groups is 2. The third kappa shape index (κ3) is 5.43. The second kappa shape index (κ2) is 11.0. The molecule has 1 aromatic rings. The van der Waals surface area contributed by atoms with E-state index in [2.05, 4.69) is 22.9 Å². The summed E-state index contributed by atoms with van der Waals surface area (Å²) in [5.74, 6) is 1.62. The molecular weight excluding hydrogens is 468 g/mol. The molecule has 0 N–H and O–H groups in total. The van der Waals surface area contributed by atoms with Gasteiger partial charge in [0.25, 0.3) is 0 Å². The molecule has 2 saturated heterocycles. The number of aryl methyl sites for hydroxylation is 1. The van der Waals surface area contributed by atoms with E-state index in [1.54, 1.807) is 7.11 Å². The molecule has 8 heteroatoms. The van der Waals surface area contributed by atoms with Gasteiger partial charge in [0, 0.05) is 71.2 Å². The lowest BCUT2D eigenvalue weighted by Crippen LogP contribution is -2.49. The van der Waals surface area contributed by atoms with Crippen LogP contribution >= 0.6 is 0 Å². The Morgan fingerprint density at radius 1 is 1.30 bits per heavy atom. The van der Waals surface area contributed by atoms with Crippen molar-refractivity contribution in [2.24, 2.45) is 23.2 Å². The summed E-state index contributed by atoms with van der Waals surface area (Å²) < 4.78 is 11.4. The third-order valence-corrected chi connectivity index (χ3v) is 9.36. The number of amides is 2. The first kappa shape index (κ1) is 26.6. The van der Waals surface area contributed by atoms with E-state index in [1.807, 2.05) is 30.1 Å². The number of ether oxygens (including phenoxy) is 2. The first-order chi connectivity index (χ1) is 17.8. The van der Waals surface area contributed by atoms with E-state index in [0.717, 1.165) is 56.5 Å². The third-order valence-electron chi connectivity index (χ3n) is 9.36. The van der Waals surface area contributed by atoms with Gasteiger partial charge in [0.2, 0.25) is 11.8 Å². The van der Waals surface area contributed by atoms with Gasteiger partial charge in [-0.2, -0.15) is 0 Å². The van der Waals surface area contributed by atoms with Gasteiger partial charge in [0.1, 0.15) is 0 Å². The van der Waals surface area contributed by atoms with Gasteiger partial charge in [-0.25, -0.2) is 0 Å². The maximum absolute atomic E-state index is 14.4. The van der Waals surface area contributed by atoms with Crippen LogP contribution in [0.4, 0.5) is 0 Å². The zero-order valence-corrected chi connectivity index (χ0v) is 23.1. The number of hydrogen-bond acceptors (Lipinski definition) is 6. The number of hydrogen-bond donors (Lipinski definition) is 0. The fourth-order valence-electron chi connectivity index (χ4n) is 7.43. The van der Waals surface area contributed by atoms with Gasteiger partial charge < -0.3 is 24.2 Å². The molecule has 0 spiro atoms. The summed E-state index contributed by atoms with van der Waals surface area (Å²) in [4.78, 5) is 38.3. The smallest absolute Gasteiger partial charge is 0.231 e. The van der Waals surface area contributed by atoms with Crippen molar-refractivity contribution in [3.05, 3.63) is 29.1 Å². The van der Waals surface area contributed by atoms with Crippen LogP contribution in [0.25, 0.3) is 0 Å². The maximum atomic E-state index is 14.4. The van der Waals surface area contributed by atoms with Crippen LogP contribution in [-0.4, -0.2) is 98.2 Å². The summed E-state index contributed by atoms with van der Waals surface area (Å²) in [7, 11) is 5.77. The molecular formula is C29H44N4O4. The average Bonchev–Trinajstić information content (AvgIpc) is 3.41. The molecule has 2 amide bonds. The molecule has 0 aromatic carbocycles. The molecule has 37 heavy (non-hydrogen) atoms. The van der Waals surface area contributed by atoms with E-state index >= 15 is 0 Å². The summed E-state index contributed by atoms with van der Waals surface area (Å²) in [6.07, 6.45) is 7.35. The van der Waals surface area contributed by atoms with Crippen LogP contribution in [0.2, 0.25) is 0 Å². The summed E-state index contributed by atoms with van der Waals surface area (Å²) >= 11 is 0. The Kier molecular flexibility index (Phi) is 7.89. The Balaban J connectivity index is 1.35. The van der Waals surface area contributed by atoms with E-state index in [1.165, 1.54) is 5.56 Å². The average molecular weight is 513 g/mol. The number of likely N-dealkylation sites (tertiary alicyclic amines) is 1. The highest BCUT2D eigenvalue weighted by atomic mass is 16.5. The zero-order chi connectivity index (χ0) is 26.2. The molecule has 2 unspecified atom stereocenters. The highest BCUT2D eigenvalue weighted by Crippen LogP contribution is 2.54. The monoisotopic (exact) mass is 512 g/mol. The first-order valence-electron chi connectivity index (χ1n) is 14.1. The fourth-order valence-corrected chi connectivity index (χ4v) is 7.43. The van der Waals surface area contributed by atoms with Crippen LogP contribution < -0.4 is 0 Å². The Bertz CT molecular complexity index is 1000. The van der Waals surface area contributed by atoms with Crippen LogP contribution in [0.3, 0.4) is 0 Å². The molecule has 3 fully saturated rings. The Hall–Kier alpha value is -2.03. The van der Waals surface area contributed by atoms with E-state index < -0.39 is 5.41 Å². The molecule has 5 atom stereocenters. The standard InChI is InChI=1S/C29H44N4O4/c1-20-11-23-16-32(9-5-25(23)30-15-20)28(35)29-14-21(12-22-7-10-37-18-26(22)36-4)13-24(29)17-33(19-29)27(34)6-8-31(2)3/h11,15,21-22,24,26H,5-10,12-14,16-19H2,1-4H3/t21-,22?,24+,26?,29+/m1/s1. The van der Waals surface area contributed by atoms with E-state index in [9.17, 15) is 9.59 Å². The van der Waals surface area contributed by atoms with Gasteiger partial charge in [0.05, 0.1) is 18.1 Å². The van der Waals surface area contributed by atoms with Crippen molar-refractivity contribution in [1.29, 1.82) is 0 Å². The van der Waals surface area contributed by atoms with Crippen molar-refractivity contribution in [2.75, 3.05) is 60.6 Å². The summed E-state index contributed by atoms with van der Waals surface area (Å²) in [6, 6.07) is 2.18. The lowest BCUT2D eigenvalue weighted by atomic mass is 9.78. The van der Waals surface area contributed by atoms with Gasteiger partial charge in [0.15, 0.2) is 0 Å². The van der Waals surface area contributed by atoms with Crippen molar-refractivity contribution >= 4 is 11.8 Å². The number of methoxy groups -OCH3 is 1. The molecule has 4 aliphatic rings. The maximum Gasteiger partial charge on any atom is 0.231 e. The van der Waals surface area contributed by atoms with Crippen molar-refractivity contribution in [3.63, 3.8) is 0 Å². The Morgan fingerprint density at radius 3 is 2.92 bits per heavy atom. The number of carbonyl (C=O) groups excluding carboxylic acids is 2. The molecule has 5 rings (SSSR count). The van der Waals surface area contributed by atoms with Crippen molar-refractivity contribution in [1.82, 2.24) is 19.7 Å². The minimum atomic E-state index is -0.471. The van der Waals surface area contributed by atoms with Crippen LogP contribution in [-0.2, 0) is 32.0 Å². The predicted molar refractivity (Wildman–Crippen MR) is 141 cm³/mol. The van der Waals surface area contributed by atoms with Crippen LogP contribution in [0.15, 0.2) is 12.3 Å². The molecule has 204 valence electrons. The summed E-state index contributed by atoms with van der Waals surface area (Å²) in [6.45, 7) is 6.86. The van der Waals surface area contributed by atoms with Gasteiger partial charge in [-0.15, -0.1) is 0 Å². The normalized spacial score (nSPS) is 31.5. The summed E-state index contributed by atoms with van der Waals surface area (Å²) in [5.41, 5.74) is 2.95. The number of rotatable bonds is 7. The van der Waals surface area contributed by atoms with Crippen LogP contribution in [0, 0.1) is 30.1 Å². The summed E-state index contributed by atoms with van der Waals surface area (Å²) in [5, 5.41) is 0. The Labute approximate surface area is 221 Å². The van der Waals surface area contributed by atoms with Crippen LogP contribution in [0.1, 0.15) is 48.9 Å². The number of nitrogens with zero attached hydrogens (tertiary/aromatic N) is 4. The van der Waals surface area contributed by atoms with E-state index in [-0.39, 0.29) is 23.8 Å². The molecule has 8 nitrogen and oxygen atoms in total. The quantitative estimate of drug-likeness (QED) is 0.559. The molecule has 3 aliphatic heterocycles.